The smallest absolute Gasteiger partial charge is 0.156 e. The monoisotopic (exact) mass is 590 g/mol. The van der Waals surface area contributed by atoms with E-state index in [-0.39, 0.29) is 23.7 Å². The average Bonchev–Trinajstić information content (AvgIpc) is 2.90. The number of rotatable bonds is 10. The molecule has 1 aliphatic rings. The van der Waals surface area contributed by atoms with E-state index in [4.69, 9.17) is 38.4 Å². The van der Waals surface area contributed by atoms with Gasteiger partial charge in [0.15, 0.2) is 5.75 Å². The summed E-state index contributed by atoms with van der Waals surface area (Å²) < 4.78 is 11.5. The summed E-state index contributed by atoms with van der Waals surface area (Å²) in [5.41, 5.74) is 11.6. The summed E-state index contributed by atoms with van der Waals surface area (Å²) in [4.78, 5) is 14.3. The van der Waals surface area contributed by atoms with Crippen molar-refractivity contribution in [2.75, 3.05) is 24.7 Å². The fourth-order valence-corrected chi connectivity index (χ4v) is 5.31. The molecule has 0 radical (unpaired) electrons. The van der Waals surface area contributed by atoms with Crippen LogP contribution < -0.4 is 20.1 Å². The summed E-state index contributed by atoms with van der Waals surface area (Å²) in [6.45, 7) is 8.18. The van der Waals surface area contributed by atoms with Crippen LogP contribution in [0.25, 0.3) is 0 Å². The standard InChI is InChI=1S/C31H36Cl2N2O3.ClH/c1-31(2,3)24-11-14-28-22(19-24)6-5-15-35(28)30(34)23(20-36)18-21-9-12-25(13-10-21)37-16-17-38-29-26(32)7-4-8-27(29)33;/h4,7-14,19-20,23,30H,5-6,15-18,34H2,1-3H3;1H. The molecule has 5 nitrogen and oxygen atoms in total. The molecule has 0 amide bonds. The molecule has 2 unspecified atom stereocenters. The second-order valence-electron chi connectivity index (χ2n) is 10.8. The molecule has 3 aromatic rings. The van der Waals surface area contributed by atoms with Gasteiger partial charge < -0.3 is 24.9 Å². The molecule has 1 heterocycles. The van der Waals surface area contributed by atoms with Gasteiger partial charge in [-0.2, -0.15) is 0 Å². The van der Waals surface area contributed by atoms with Crippen molar-refractivity contribution >= 4 is 47.6 Å². The number of nitrogens with two attached hydrogens (primary N) is 1. The minimum atomic E-state index is -0.392. The largest absolute Gasteiger partial charge is 0.490 e. The maximum absolute atomic E-state index is 12.1. The van der Waals surface area contributed by atoms with Crippen LogP contribution in [0.15, 0.2) is 60.7 Å². The van der Waals surface area contributed by atoms with Gasteiger partial charge in [-0.25, -0.2) is 0 Å². The molecule has 0 saturated carbocycles. The SMILES string of the molecule is CC(C)(C)c1ccc2c(c1)CCCN2C(N)C(C=O)Cc1ccc(OCCOc2c(Cl)cccc2Cl)cc1.Cl. The van der Waals surface area contributed by atoms with Crippen LogP contribution in [0, 0.1) is 5.92 Å². The zero-order valence-electron chi connectivity index (χ0n) is 22.7. The van der Waals surface area contributed by atoms with Gasteiger partial charge in [0.2, 0.25) is 0 Å². The van der Waals surface area contributed by atoms with Crippen molar-refractivity contribution in [3.8, 4) is 11.5 Å². The van der Waals surface area contributed by atoms with E-state index in [1.165, 1.54) is 11.1 Å². The van der Waals surface area contributed by atoms with Crippen LogP contribution in [0.2, 0.25) is 10.0 Å². The molecule has 0 saturated heterocycles. The molecule has 0 spiro atoms. The van der Waals surface area contributed by atoms with E-state index in [9.17, 15) is 4.79 Å². The Morgan fingerprint density at radius 3 is 2.31 bits per heavy atom. The molecule has 3 aromatic carbocycles. The molecule has 0 bridgehead atoms. The normalized spacial score (nSPS) is 14.6. The molecule has 8 heteroatoms. The predicted molar refractivity (Wildman–Crippen MR) is 163 cm³/mol. The summed E-state index contributed by atoms with van der Waals surface area (Å²) in [6.07, 6.45) is 3.22. The summed E-state index contributed by atoms with van der Waals surface area (Å²) in [5.74, 6) is 0.843. The lowest BCUT2D eigenvalue weighted by Gasteiger charge is -2.39. The third-order valence-corrected chi connectivity index (χ3v) is 7.58. The number of anilines is 1. The number of hydrogen-bond acceptors (Lipinski definition) is 5. The van der Waals surface area contributed by atoms with E-state index in [1.54, 1.807) is 18.2 Å². The Morgan fingerprint density at radius 1 is 1.00 bits per heavy atom. The number of hydrogen-bond donors (Lipinski definition) is 1. The molecule has 4 rings (SSSR count). The van der Waals surface area contributed by atoms with E-state index in [2.05, 4.69) is 43.9 Å². The summed E-state index contributed by atoms with van der Waals surface area (Å²) in [5, 5.41) is 0.931. The second kappa shape index (κ2) is 13.8. The third-order valence-electron chi connectivity index (χ3n) is 6.99. The number of carbonyl (C=O) groups excluding carboxylic acids is 1. The number of carbonyl (C=O) groups is 1. The lowest BCUT2D eigenvalue weighted by atomic mass is 9.84. The molecular formula is C31H37Cl3N2O3. The Bertz CT molecular complexity index is 1220. The lowest BCUT2D eigenvalue weighted by Crippen LogP contribution is -2.50. The number of nitrogens with zero attached hydrogens (tertiary/aromatic N) is 1. The van der Waals surface area contributed by atoms with Crippen LogP contribution in [-0.4, -0.2) is 32.2 Å². The summed E-state index contributed by atoms with van der Waals surface area (Å²) in [7, 11) is 0. The molecular weight excluding hydrogens is 555 g/mol. The van der Waals surface area contributed by atoms with E-state index >= 15 is 0 Å². The number of aryl methyl sites for hydroxylation is 1. The molecule has 210 valence electrons. The quantitative estimate of drug-likeness (QED) is 0.198. The highest BCUT2D eigenvalue weighted by atomic mass is 35.5. The van der Waals surface area contributed by atoms with Crippen LogP contribution in [0.3, 0.4) is 0 Å². The van der Waals surface area contributed by atoms with Crippen LogP contribution in [0.4, 0.5) is 5.69 Å². The van der Waals surface area contributed by atoms with Gasteiger partial charge >= 0.3 is 0 Å². The van der Waals surface area contributed by atoms with Crippen molar-refractivity contribution in [1.82, 2.24) is 0 Å². The predicted octanol–water partition coefficient (Wildman–Crippen LogP) is 7.27. The molecule has 2 atom stereocenters. The van der Waals surface area contributed by atoms with Crippen LogP contribution in [-0.2, 0) is 23.1 Å². The number of fused-ring (bicyclic) bond motifs is 1. The van der Waals surface area contributed by atoms with Crippen molar-refractivity contribution in [3.05, 3.63) is 87.4 Å². The topological polar surface area (TPSA) is 64.8 Å². The highest BCUT2D eigenvalue weighted by molar-refractivity contribution is 6.37. The van der Waals surface area contributed by atoms with E-state index < -0.39 is 6.17 Å². The zero-order valence-corrected chi connectivity index (χ0v) is 25.0. The molecule has 0 aromatic heterocycles. The minimum absolute atomic E-state index is 0. The zero-order chi connectivity index (χ0) is 27.3. The fraction of sp³-hybridized carbons (Fsp3) is 0.387. The first-order chi connectivity index (χ1) is 18.2. The third kappa shape index (κ3) is 7.82. The Hall–Kier alpha value is -2.44. The maximum atomic E-state index is 12.1. The van der Waals surface area contributed by atoms with E-state index in [0.717, 1.165) is 36.9 Å². The fourth-order valence-electron chi connectivity index (χ4n) is 4.80. The first-order valence-corrected chi connectivity index (χ1v) is 13.8. The lowest BCUT2D eigenvalue weighted by molar-refractivity contribution is -0.111. The maximum Gasteiger partial charge on any atom is 0.156 e. The van der Waals surface area contributed by atoms with Gasteiger partial charge in [-0.05, 0) is 71.7 Å². The van der Waals surface area contributed by atoms with E-state index in [1.807, 2.05) is 24.3 Å². The Kier molecular flexibility index (Phi) is 11.0. The molecule has 0 aliphatic carbocycles. The number of ether oxygens (including phenoxy) is 2. The van der Waals surface area contributed by atoms with Crippen LogP contribution in [0.5, 0.6) is 11.5 Å². The summed E-state index contributed by atoms with van der Waals surface area (Å²) in [6, 6.07) is 19.6. The number of para-hydroxylation sites is 1. The summed E-state index contributed by atoms with van der Waals surface area (Å²) >= 11 is 12.3. The molecule has 2 N–H and O–H groups in total. The van der Waals surface area contributed by atoms with Gasteiger partial charge in [0.1, 0.15) is 25.2 Å². The number of halogens is 3. The second-order valence-corrected chi connectivity index (χ2v) is 11.6. The minimum Gasteiger partial charge on any atom is -0.490 e. The van der Waals surface area contributed by atoms with Gasteiger partial charge in [0.05, 0.1) is 22.1 Å². The Labute approximate surface area is 248 Å². The van der Waals surface area contributed by atoms with Gasteiger partial charge in [-0.3, -0.25) is 0 Å². The van der Waals surface area contributed by atoms with Crippen molar-refractivity contribution in [1.29, 1.82) is 0 Å². The first kappa shape index (κ1) is 31.1. The highest BCUT2D eigenvalue weighted by Gasteiger charge is 2.29. The Morgan fingerprint density at radius 2 is 1.67 bits per heavy atom. The van der Waals surface area contributed by atoms with Crippen molar-refractivity contribution in [3.63, 3.8) is 0 Å². The van der Waals surface area contributed by atoms with Gasteiger partial charge in [0, 0.05) is 12.2 Å². The average molecular weight is 592 g/mol. The highest BCUT2D eigenvalue weighted by Crippen LogP contribution is 2.34. The number of benzene rings is 3. The van der Waals surface area contributed by atoms with Crippen LogP contribution in [0.1, 0.15) is 43.9 Å². The van der Waals surface area contributed by atoms with E-state index in [0.29, 0.717) is 41.2 Å². The van der Waals surface area contributed by atoms with Crippen molar-refractivity contribution < 1.29 is 14.3 Å². The molecule has 1 aliphatic heterocycles. The van der Waals surface area contributed by atoms with Crippen molar-refractivity contribution in [2.45, 2.75) is 51.6 Å². The van der Waals surface area contributed by atoms with Gasteiger partial charge in [-0.15, -0.1) is 12.4 Å². The van der Waals surface area contributed by atoms with Gasteiger partial charge in [0.25, 0.3) is 0 Å². The Balaban J connectivity index is 0.00000420. The van der Waals surface area contributed by atoms with Crippen LogP contribution >= 0.6 is 35.6 Å². The van der Waals surface area contributed by atoms with Crippen molar-refractivity contribution in [2.24, 2.45) is 11.7 Å². The number of aldehydes is 1. The first-order valence-electron chi connectivity index (χ1n) is 13.1. The molecule has 39 heavy (non-hydrogen) atoms. The van der Waals surface area contributed by atoms with Gasteiger partial charge in [-0.1, -0.05) is 74.3 Å². The molecule has 0 fully saturated rings.